The summed E-state index contributed by atoms with van der Waals surface area (Å²) in [5, 5.41) is 0.172. The molecule has 8 nitrogen and oxygen atoms in total. The van der Waals surface area contributed by atoms with E-state index < -0.39 is 13.9 Å². The van der Waals surface area contributed by atoms with Gasteiger partial charge in [-0.1, -0.05) is 39.0 Å². The summed E-state index contributed by atoms with van der Waals surface area (Å²) in [6.45, 7) is 27.0. The second kappa shape index (κ2) is 15.6. The lowest BCUT2D eigenvalue weighted by molar-refractivity contribution is -0.123. The van der Waals surface area contributed by atoms with E-state index in [0.29, 0.717) is 13.2 Å². The molecule has 2 aromatic rings. The summed E-state index contributed by atoms with van der Waals surface area (Å²) in [6.07, 6.45) is 3.26. The lowest BCUT2D eigenvalue weighted by atomic mass is 9.86. The topological polar surface area (TPSA) is 71.6 Å². The fourth-order valence-corrected chi connectivity index (χ4v) is 7.39. The molecule has 0 N–H and O–H groups in total. The summed E-state index contributed by atoms with van der Waals surface area (Å²) in [7, 11) is 0.0650. The van der Waals surface area contributed by atoms with Gasteiger partial charge < -0.3 is 23.7 Å². The van der Waals surface area contributed by atoms with E-state index in [1.165, 1.54) is 11.1 Å². The number of anilines is 1. The SMILES string of the molecule is Cc1cc(N(C)C(=O)C2CCC(Oc3cc(CO[Si](C)(C)C(C)(C)C)ccc3C)CC2)ccc1CN1CCN(C(=O)OC(C)(C)C)[C@@H](C)C1. The fourth-order valence-electron chi connectivity index (χ4n) is 6.43. The first kappa shape index (κ1) is 38.9. The third-order valence-electron chi connectivity index (χ3n) is 10.8. The van der Waals surface area contributed by atoms with Gasteiger partial charge >= 0.3 is 6.09 Å². The Morgan fingerprint density at radius 1 is 0.918 bits per heavy atom. The average molecular weight is 694 g/mol. The van der Waals surface area contributed by atoms with Crippen LogP contribution in [0.2, 0.25) is 18.1 Å². The Labute approximate surface area is 297 Å². The van der Waals surface area contributed by atoms with Crippen molar-refractivity contribution in [3.8, 4) is 5.75 Å². The number of ether oxygens (including phenoxy) is 2. The predicted octanol–water partition coefficient (Wildman–Crippen LogP) is 8.87. The average Bonchev–Trinajstić information content (AvgIpc) is 3.00. The number of nitrogens with zero attached hydrogens (tertiary/aromatic N) is 3. The van der Waals surface area contributed by atoms with E-state index in [1.807, 2.05) is 37.6 Å². The molecule has 0 aromatic heterocycles. The zero-order valence-corrected chi connectivity index (χ0v) is 33.4. The second-order valence-corrected chi connectivity index (χ2v) is 21.8. The van der Waals surface area contributed by atoms with Crippen molar-refractivity contribution in [2.24, 2.45) is 5.92 Å². The molecule has 0 radical (unpaired) electrons. The minimum absolute atomic E-state index is 0.00184. The Bertz CT molecular complexity index is 1450. The minimum Gasteiger partial charge on any atom is -0.490 e. The Hall–Kier alpha value is -2.88. The van der Waals surface area contributed by atoms with Crippen LogP contribution in [0.4, 0.5) is 10.5 Å². The molecule has 0 bridgehead atoms. The molecule has 4 rings (SSSR count). The highest BCUT2D eigenvalue weighted by Crippen LogP contribution is 2.38. The van der Waals surface area contributed by atoms with Crippen LogP contribution in [0.25, 0.3) is 0 Å². The summed E-state index contributed by atoms with van der Waals surface area (Å²) in [6, 6.07) is 12.8. The number of rotatable bonds is 9. The molecule has 2 fully saturated rings. The molecule has 1 atom stereocenters. The maximum absolute atomic E-state index is 13.6. The molecule has 2 aromatic carbocycles. The summed E-state index contributed by atoms with van der Waals surface area (Å²) in [4.78, 5) is 32.3. The second-order valence-electron chi connectivity index (χ2n) is 17.0. The van der Waals surface area contributed by atoms with Crippen molar-refractivity contribution in [1.29, 1.82) is 0 Å². The van der Waals surface area contributed by atoms with Crippen LogP contribution in [0.5, 0.6) is 5.75 Å². The van der Waals surface area contributed by atoms with Gasteiger partial charge in [-0.3, -0.25) is 9.69 Å². The van der Waals surface area contributed by atoms with Gasteiger partial charge in [-0.2, -0.15) is 0 Å². The van der Waals surface area contributed by atoms with Crippen molar-refractivity contribution in [3.63, 3.8) is 0 Å². The van der Waals surface area contributed by atoms with Crippen LogP contribution in [-0.2, 0) is 27.1 Å². The first-order valence-corrected chi connectivity index (χ1v) is 21.1. The lowest BCUT2D eigenvalue weighted by Crippen LogP contribution is -2.54. The highest BCUT2D eigenvalue weighted by atomic mass is 28.4. The molecule has 0 unspecified atom stereocenters. The number of piperazine rings is 1. The Kier molecular flexibility index (Phi) is 12.4. The van der Waals surface area contributed by atoms with Crippen LogP contribution in [0.1, 0.15) is 96.4 Å². The summed E-state index contributed by atoms with van der Waals surface area (Å²) in [5.41, 5.74) is 5.12. The standard InChI is InChI=1S/C40H63N3O5Si/c1-28-13-14-31(27-46-49(11,12)40(7,8)9)24-36(28)47-35-19-16-32(17-20-35)37(44)41(10)34-18-15-33(29(2)23-34)26-42-21-22-43(30(3)25-42)38(45)48-39(4,5)6/h13-15,18,23-24,30,32,35H,16-17,19-22,25-27H2,1-12H3/t30-,32?,35?/m0/s1. The number of hydrogen-bond acceptors (Lipinski definition) is 6. The summed E-state index contributed by atoms with van der Waals surface area (Å²) in [5.74, 6) is 1.11. The van der Waals surface area contributed by atoms with Gasteiger partial charge in [0, 0.05) is 50.9 Å². The van der Waals surface area contributed by atoms with E-state index >= 15 is 0 Å². The molecule has 49 heavy (non-hydrogen) atoms. The number of hydrogen-bond donors (Lipinski definition) is 0. The zero-order valence-electron chi connectivity index (χ0n) is 32.4. The van der Waals surface area contributed by atoms with Crippen molar-refractivity contribution in [2.75, 3.05) is 31.6 Å². The number of carbonyl (C=O) groups excluding carboxylic acids is 2. The van der Waals surface area contributed by atoms with Crippen molar-refractivity contribution in [3.05, 3.63) is 58.7 Å². The highest BCUT2D eigenvalue weighted by molar-refractivity contribution is 6.74. The van der Waals surface area contributed by atoms with E-state index in [1.54, 1.807) is 0 Å². The maximum Gasteiger partial charge on any atom is 0.410 e. The van der Waals surface area contributed by atoms with Gasteiger partial charge in [0.1, 0.15) is 11.4 Å². The lowest BCUT2D eigenvalue weighted by Gasteiger charge is -2.40. The molecule has 2 aliphatic rings. The first-order chi connectivity index (χ1) is 22.7. The van der Waals surface area contributed by atoms with Gasteiger partial charge in [0.15, 0.2) is 8.32 Å². The highest BCUT2D eigenvalue weighted by Gasteiger charge is 2.37. The van der Waals surface area contributed by atoms with Gasteiger partial charge in [-0.15, -0.1) is 0 Å². The third kappa shape index (κ3) is 10.3. The molecule has 2 amide bonds. The monoisotopic (exact) mass is 693 g/mol. The number of aryl methyl sites for hydroxylation is 2. The normalized spacial score (nSPS) is 21.0. The van der Waals surface area contributed by atoms with Crippen molar-refractivity contribution < 1.29 is 23.5 Å². The molecule has 1 saturated carbocycles. The zero-order chi connectivity index (χ0) is 36.3. The van der Waals surface area contributed by atoms with Crippen molar-refractivity contribution in [1.82, 2.24) is 9.80 Å². The van der Waals surface area contributed by atoms with Crippen LogP contribution in [0, 0.1) is 19.8 Å². The molecule has 1 saturated heterocycles. The van der Waals surface area contributed by atoms with Crippen LogP contribution in [-0.4, -0.2) is 74.5 Å². The quantitative estimate of drug-likeness (QED) is 0.245. The summed E-state index contributed by atoms with van der Waals surface area (Å²) < 4.78 is 18.6. The molecule has 272 valence electrons. The van der Waals surface area contributed by atoms with Gasteiger partial charge in [0.2, 0.25) is 5.91 Å². The van der Waals surface area contributed by atoms with E-state index in [9.17, 15) is 9.59 Å². The number of amides is 2. The minimum atomic E-state index is -1.84. The van der Waals surface area contributed by atoms with E-state index in [0.717, 1.165) is 67.9 Å². The van der Waals surface area contributed by atoms with Gasteiger partial charge in [-0.25, -0.2) is 4.79 Å². The molecule has 1 aliphatic heterocycles. The smallest absolute Gasteiger partial charge is 0.410 e. The molecular weight excluding hydrogens is 631 g/mol. The molecule has 9 heteroatoms. The van der Waals surface area contributed by atoms with Gasteiger partial charge in [0.05, 0.1) is 12.7 Å². The molecular formula is C40H63N3O5Si. The van der Waals surface area contributed by atoms with Crippen molar-refractivity contribution in [2.45, 2.75) is 137 Å². The van der Waals surface area contributed by atoms with Gasteiger partial charge in [-0.05, 0) is 126 Å². The first-order valence-electron chi connectivity index (χ1n) is 18.2. The van der Waals surface area contributed by atoms with E-state index in [-0.39, 0.29) is 35.1 Å². The van der Waals surface area contributed by atoms with E-state index in [2.05, 4.69) is 95.9 Å². The molecule has 1 aliphatic carbocycles. The van der Waals surface area contributed by atoms with Gasteiger partial charge in [0.25, 0.3) is 0 Å². The molecule has 1 heterocycles. The summed E-state index contributed by atoms with van der Waals surface area (Å²) >= 11 is 0. The van der Waals surface area contributed by atoms with Crippen LogP contribution in [0.15, 0.2) is 36.4 Å². The third-order valence-corrected chi connectivity index (χ3v) is 15.2. The fraction of sp³-hybridized carbons (Fsp3) is 0.650. The Balaban J connectivity index is 1.27. The Morgan fingerprint density at radius 3 is 2.18 bits per heavy atom. The number of carbonyl (C=O) groups is 2. The predicted molar refractivity (Wildman–Crippen MR) is 202 cm³/mol. The van der Waals surface area contributed by atoms with Crippen LogP contribution >= 0.6 is 0 Å². The molecule has 0 spiro atoms. The largest absolute Gasteiger partial charge is 0.490 e. The Morgan fingerprint density at radius 2 is 1.59 bits per heavy atom. The van der Waals surface area contributed by atoms with E-state index in [4.69, 9.17) is 13.9 Å². The van der Waals surface area contributed by atoms with Crippen LogP contribution < -0.4 is 9.64 Å². The maximum atomic E-state index is 13.6. The number of benzene rings is 2. The van der Waals surface area contributed by atoms with Crippen LogP contribution in [0.3, 0.4) is 0 Å². The van der Waals surface area contributed by atoms with Crippen molar-refractivity contribution >= 4 is 26.0 Å².